The zero-order valence-corrected chi connectivity index (χ0v) is 10.0. The third-order valence-electron chi connectivity index (χ3n) is 3.14. The second-order valence-corrected chi connectivity index (χ2v) is 4.53. The second kappa shape index (κ2) is 4.62. The maximum absolute atomic E-state index is 12.5. The van der Waals surface area contributed by atoms with E-state index in [0.717, 1.165) is 5.69 Å². The van der Waals surface area contributed by atoms with E-state index in [2.05, 4.69) is 9.97 Å². The number of aromatic nitrogens is 2. The highest BCUT2D eigenvalue weighted by atomic mass is 19.4. The maximum Gasteiger partial charge on any atom is 0.391 e. The molecule has 18 heavy (non-hydrogen) atoms. The molecular weight excluding hydrogens is 245 g/mol. The number of hydrogen-bond acceptors (Lipinski definition) is 4. The van der Waals surface area contributed by atoms with Crippen LogP contribution in [0.15, 0.2) is 6.07 Å². The van der Waals surface area contributed by atoms with E-state index in [0.29, 0.717) is 18.9 Å². The zero-order valence-electron chi connectivity index (χ0n) is 10.0. The molecule has 7 heteroatoms. The predicted molar refractivity (Wildman–Crippen MR) is 62.2 cm³/mol. The molecule has 2 rings (SSSR count). The Hall–Kier alpha value is -1.53. The number of piperidine rings is 1. The van der Waals surface area contributed by atoms with Crippen LogP contribution in [0, 0.1) is 12.8 Å². The number of alkyl halides is 3. The Kier molecular flexibility index (Phi) is 3.32. The third kappa shape index (κ3) is 2.83. The topological polar surface area (TPSA) is 55.0 Å². The van der Waals surface area contributed by atoms with E-state index in [1.54, 1.807) is 13.0 Å². The molecule has 0 spiro atoms. The first kappa shape index (κ1) is 12.9. The van der Waals surface area contributed by atoms with Crippen LogP contribution in [0.25, 0.3) is 0 Å². The van der Waals surface area contributed by atoms with E-state index in [1.807, 2.05) is 4.90 Å². The number of aryl methyl sites for hydroxylation is 1. The van der Waals surface area contributed by atoms with Gasteiger partial charge in [0.1, 0.15) is 5.82 Å². The molecule has 0 atom stereocenters. The van der Waals surface area contributed by atoms with Crippen molar-refractivity contribution in [1.29, 1.82) is 0 Å². The highest BCUT2D eigenvalue weighted by Gasteiger charge is 2.41. The van der Waals surface area contributed by atoms with Crippen LogP contribution in [0.1, 0.15) is 18.5 Å². The Morgan fingerprint density at radius 1 is 1.28 bits per heavy atom. The van der Waals surface area contributed by atoms with E-state index >= 15 is 0 Å². The van der Waals surface area contributed by atoms with E-state index in [9.17, 15) is 13.2 Å². The fourth-order valence-electron chi connectivity index (χ4n) is 2.17. The predicted octanol–water partition coefficient (Wildman–Crippen LogP) is 2.15. The van der Waals surface area contributed by atoms with Gasteiger partial charge in [0.15, 0.2) is 0 Å². The molecule has 0 unspecified atom stereocenters. The van der Waals surface area contributed by atoms with Gasteiger partial charge in [0.2, 0.25) is 5.95 Å². The summed E-state index contributed by atoms with van der Waals surface area (Å²) >= 11 is 0. The minimum Gasteiger partial charge on any atom is -0.368 e. The van der Waals surface area contributed by atoms with E-state index in [4.69, 9.17) is 5.73 Å². The standard InChI is InChI=1S/C11H15F3N4/c1-7-6-9(17-10(15)16-7)18-4-2-8(3-5-18)11(12,13)14/h6,8H,2-5H2,1H3,(H2,15,16,17). The minimum absolute atomic E-state index is 0.104. The smallest absolute Gasteiger partial charge is 0.368 e. The molecule has 0 saturated carbocycles. The largest absolute Gasteiger partial charge is 0.391 e. The minimum atomic E-state index is -4.09. The van der Waals surface area contributed by atoms with Crippen molar-refractivity contribution in [3.63, 3.8) is 0 Å². The fourth-order valence-corrected chi connectivity index (χ4v) is 2.17. The quantitative estimate of drug-likeness (QED) is 0.840. The van der Waals surface area contributed by atoms with Gasteiger partial charge in [-0.15, -0.1) is 0 Å². The molecule has 0 aliphatic carbocycles. The molecule has 4 nitrogen and oxygen atoms in total. The monoisotopic (exact) mass is 260 g/mol. The Morgan fingerprint density at radius 3 is 2.39 bits per heavy atom. The van der Waals surface area contributed by atoms with Crippen molar-refractivity contribution < 1.29 is 13.2 Å². The lowest BCUT2D eigenvalue weighted by Gasteiger charge is -2.33. The molecule has 2 heterocycles. The van der Waals surface area contributed by atoms with Gasteiger partial charge in [0.05, 0.1) is 5.92 Å². The molecule has 1 aliphatic rings. The lowest BCUT2D eigenvalue weighted by molar-refractivity contribution is -0.179. The molecule has 0 aromatic carbocycles. The fraction of sp³-hybridized carbons (Fsp3) is 0.636. The normalized spacial score (nSPS) is 18.1. The number of hydrogen-bond donors (Lipinski definition) is 1. The van der Waals surface area contributed by atoms with Crippen molar-refractivity contribution >= 4 is 11.8 Å². The van der Waals surface area contributed by atoms with Gasteiger partial charge in [-0.2, -0.15) is 18.2 Å². The van der Waals surface area contributed by atoms with Gasteiger partial charge in [-0.05, 0) is 19.8 Å². The van der Waals surface area contributed by atoms with Crippen molar-refractivity contribution in [2.45, 2.75) is 25.9 Å². The van der Waals surface area contributed by atoms with Crippen LogP contribution in [-0.4, -0.2) is 29.2 Å². The maximum atomic E-state index is 12.5. The second-order valence-electron chi connectivity index (χ2n) is 4.53. The molecule has 1 aromatic heterocycles. The van der Waals surface area contributed by atoms with E-state index in [1.165, 1.54) is 0 Å². The molecule has 0 radical (unpaired) electrons. The van der Waals surface area contributed by atoms with Crippen molar-refractivity contribution in [3.05, 3.63) is 11.8 Å². The van der Waals surface area contributed by atoms with Crippen molar-refractivity contribution in [2.75, 3.05) is 23.7 Å². The lowest BCUT2D eigenvalue weighted by Crippen LogP contribution is -2.39. The van der Waals surface area contributed by atoms with Crippen LogP contribution in [0.3, 0.4) is 0 Å². The summed E-state index contributed by atoms with van der Waals surface area (Å²) in [4.78, 5) is 9.83. The van der Waals surface area contributed by atoms with Crippen LogP contribution in [0.2, 0.25) is 0 Å². The molecule has 1 fully saturated rings. The van der Waals surface area contributed by atoms with E-state index < -0.39 is 12.1 Å². The molecular formula is C11H15F3N4. The number of rotatable bonds is 1. The van der Waals surface area contributed by atoms with Crippen molar-refractivity contribution in [3.8, 4) is 0 Å². The average Bonchev–Trinajstić information content (AvgIpc) is 2.27. The van der Waals surface area contributed by atoms with Gasteiger partial charge < -0.3 is 10.6 Å². The summed E-state index contributed by atoms with van der Waals surface area (Å²) in [7, 11) is 0. The lowest BCUT2D eigenvalue weighted by atomic mass is 9.96. The van der Waals surface area contributed by atoms with Gasteiger partial charge in [-0.25, -0.2) is 4.98 Å². The molecule has 1 saturated heterocycles. The third-order valence-corrected chi connectivity index (χ3v) is 3.14. The number of nitrogens with two attached hydrogens (primary N) is 1. The summed E-state index contributed by atoms with van der Waals surface area (Å²) in [5.41, 5.74) is 6.25. The Bertz CT molecular complexity index is 405. The zero-order chi connectivity index (χ0) is 13.3. The highest BCUT2D eigenvalue weighted by Crippen LogP contribution is 2.35. The van der Waals surface area contributed by atoms with Gasteiger partial charge in [-0.1, -0.05) is 0 Å². The van der Waals surface area contributed by atoms with Crippen molar-refractivity contribution in [2.24, 2.45) is 5.92 Å². The summed E-state index contributed by atoms with van der Waals surface area (Å²) in [6.07, 6.45) is -3.88. The summed E-state index contributed by atoms with van der Waals surface area (Å²) in [6.45, 7) is 2.48. The Morgan fingerprint density at radius 2 is 1.89 bits per heavy atom. The molecule has 1 aromatic rings. The number of nitrogens with zero attached hydrogens (tertiary/aromatic N) is 3. The van der Waals surface area contributed by atoms with Crippen LogP contribution in [0.4, 0.5) is 24.9 Å². The Balaban J connectivity index is 2.05. The summed E-state index contributed by atoms with van der Waals surface area (Å²) in [5, 5.41) is 0. The molecule has 100 valence electrons. The summed E-state index contributed by atoms with van der Waals surface area (Å²) < 4.78 is 37.6. The van der Waals surface area contributed by atoms with Crippen molar-refractivity contribution in [1.82, 2.24) is 9.97 Å². The van der Waals surface area contributed by atoms with Gasteiger partial charge in [0, 0.05) is 24.8 Å². The summed E-state index contributed by atoms with van der Waals surface area (Å²) in [6, 6.07) is 1.74. The average molecular weight is 260 g/mol. The SMILES string of the molecule is Cc1cc(N2CCC(C(F)(F)F)CC2)nc(N)n1. The van der Waals surface area contributed by atoms with Crippen LogP contribution in [-0.2, 0) is 0 Å². The molecule has 2 N–H and O–H groups in total. The van der Waals surface area contributed by atoms with Crippen LogP contribution >= 0.6 is 0 Å². The first-order chi connectivity index (χ1) is 8.36. The first-order valence-electron chi connectivity index (χ1n) is 5.79. The van der Waals surface area contributed by atoms with E-state index in [-0.39, 0.29) is 18.8 Å². The Labute approximate surface area is 103 Å². The number of nitrogen functional groups attached to an aromatic ring is 1. The highest BCUT2D eigenvalue weighted by molar-refractivity contribution is 5.43. The van der Waals surface area contributed by atoms with Crippen LogP contribution < -0.4 is 10.6 Å². The van der Waals surface area contributed by atoms with Crippen LogP contribution in [0.5, 0.6) is 0 Å². The van der Waals surface area contributed by atoms with Gasteiger partial charge in [-0.3, -0.25) is 0 Å². The number of anilines is 2. The molecule has 0 bridgehead atoms. The molecule has 0 amide bonds. The van der Waals surface area contributed by atoms with Gasteiger partial charge in [0.25, 0.3) is 0 Å². The molecule has 1 aliphatic heterocycles. The first-order valence-corrected chi connectivity index (χ1v) is 5.79. The summed E-state index contributed by atoms with van der Waals surface area (Å²) in [5.74, 6) is -0.433. The van der Waals surface area contributed by atoms with Gasteiger partial charge >= 0.3 is 6.18 Å². The number of halogens is 3.